The summed E-state index contributed by atoms with van der Waals surface area (Å²) in [5, 5.41) is 4.64. The lowest BCUT2D eigenvalue weighted by molar-refractivity contribution is -0.115. The van der Waals surface area contributed by atoms with Crippen LogP contribution in [0.5, 0.6) is 0 Å². The van der Waals surface area contributed by atoms with E-state index >= 15 is 0 Å². The van der Waals surface area contributed by atoms with Gasteiger partial charge in [-0.2, -0.15) is 0 Å². The quantitative estimate of drug-likeness (QED) is 0.655. The van der Waals surface area contributed by atoms with Crippen LogP contribution in [0.25, 0.3) is 11.8 Å². The summed E-state index contributed by atoms with van der Waals surface area (Å²) >= 11 is 5.85. The van der Waals surface area contributed by atoms with Gasteiger partial charge in [-0.25, -0.2) is 9.18 Å². The Kier molecular flexibility index (Phi) is 3.69. The van der Waals surface area contributed by atoms with E-state index in [1.54, 1.807) is 12.1 Å². The largest absolute Gasteiger partial charge is 0.326 e. The molecule has 23 heavy (non-hydrogen) atoms. The number of nitrogens with one attached hydrogen (secondary N) is 2. The Morgan fingerprint density at radius 2 is 1.91 bits per heavy atom. The highest BCUT2D eigenvalue weighted by Gasteiger charge is 2.23. The first-order valence-corrected chi connectivity index (χ1v) is 7.23. The monoisotopic (exact) mass is 333 g/mol. The topological polar surface area (TPSA) is 63.1 Å². The first-order valence-electron chi connectivity index (χ1n) is 6.85. The number of imide groups is 1. The summed E-state index contributed by atoms with van der Waals surface area (Å²) in [6.07, 6.45) is 1.60. The second-order valence-corrected chi connectivity index (χ2v) is 5.63. The highest BCUT2D eigenvalue weighted by molar-refractivity contribution is 6.30. The van der Waals surface area contributed by atoms with Gasteiger partial charge >= 0.3 is 6.03 Å². The van der Waals surface area contributed by atoms with Crippen molar-refractivity contribution in [2.45, 2.75) is 13.8 Å². The minimum atomic E-state index is -0.541. The van der Waals surface area contributed by atoms with E-state index in [2.05, 4.69) is 10.6 Å². The number of nitrogens with zero attached hydrogens (tertiary/aromatic N) is 1. The van der Waals surface area contributed by atoms with Gasteiger partial charge in [0.25, 0.3) is 5.91 Å². The molecule has 7 heteroatoms. The molecule has 0 bridgehead atoms. The molecule has 3 amide bonds. The molecule has 1 saturated heterocycles. The van der Waals surface area contributed by atoms with Crippen molar-refractivity contribution in [3.63, 3.8) is 0 Å². The molecule has 1 aromatic heterocycles. The summed E-state index contributed by atoms with van der Waals surface area (Å²) in [4.78, 5) is 22.8. The summed E-state index contributed by atoms with van der Waals surface area (Å²) in [5.74, 6) is -0.949. The lowest BCUT2D eigenvalue weighted by Crippen LogP contribution is -2.22. The van der Waals surface area contributed by atoms with Crippen LogP contribution in [0.3, 0.4) is 0 Å². The molecule has 1 aliphatic heterocycles. The maximum absolute atomic E-state index is 13.3. The van der Waals surface area contributed by atoms with Crippen molar-refractivity contribution in [1.29, 1.82) is 0 Å². The zero-order valence-corrected chi connectivity index (χ0v) is 13.2. The second kappa shape index (κ2) is 5.55. The average molecular weight is 334 g/mol. The van der Waals surface area contributed by atoms with Gasteiger partial charge in [-0.15, -0.1) is 0 Å². The molecule has 5 nitrogen and oxygen atoms in total. The van der Waals surface area contributed by atoms with Gasteiger partial charge in [-0.05, 0) is 49.8 Å². The fourth-order valence-corrected chi connectivity index (χ4v) is 2.77. The third-order valence-electron chi connectivity index (χ3n) is 3.65. The molecular formula is C16H13ClFN3O2. The van der Waals surface area contributed by atoms with Crippen LogP contribution >= 0.6 is 11.6 Å². The van der Waals surface area contributed by atoms with Gasteiger partial charge in [0.1, 0.15) is 11.5 Å². The van der Waals surface area contributed by atoms with Gasteiger partial charge in [0.2, 0.25) is 0 Å². The van der Waals surface area contributed by atoms with Gasteiger partial charge in [0, 0.05) is 17.1 Å². The Morgan fingerprint density at radius 3 is 2.52 bits per heavy atom. The minimum absolute atomic E-state index is 0.0392. The van der Waals surface area contributed by atoms with Crippen molar-refractivity contribution in [1.82, 2.24) is 15.2 Å². The summed E-state index contributed by atoms with van der Waals surface area (Å²) in [5.41, 5.74) is 3.41. The van der Waals surface area contributed by atoms with Crippen molar-refractivity contribution in [2.24, 2.45) is 0 Å². The molecule has 0 radical (unpaired) electrons. The van der Waals surface area contributed by atoms with Crippen molar-refractivity contribution in [3.05, 3.63) is 57.8 Å². The zero-order chi connectivity index (χ0) is 16.7. The number of halogens is 2. The van der Waals surface area contributed by atoms with Crippen molar-refractivity contribution >= 4 is 29.6 Å². The van der Waals surface area contributed by atoms with Gasteiger partial charge in [0.05, 0.1) is 5.02 Å². The maximum Gasteiger partial charge on any atom is 0.326 e. The highest BCUT2D eigenvalue weighted by atomic mass is 35.5. The lowest BCUT2D eigenvalue weighted by Gasteiger charge is -2.10. The van der Waals surface area contributed by atoms with Crippen molar-refractivity contribution < 1.29 is 14.0 Å². The number of aryl methyl sites for hydroxylation is 1. The lowest BCUT2D eigenvalue weighted by atomic mass is 10.2. The van der Waals surface area contributed by atoms with E-state index in [0.29, 0.717) is 0 Å². The number of hydrogen-bond donors (Lipinski definition) is 2. The molecule has 3 rings (SSSR count). The van der Waals surface area contributed by atoms with E-state index in [0.717, 1.165) is 22.6 Å². The third-order valence-corrected chi connectivity index (χ3v) is 3.94. The summed E-state index contributed by atoms with van der Waals surface area (Å²) in [7, 11) is 0. The molecule has 0 atom stereocenters. The van der Waals surface area contributed by atoms with Crippen molar-refractivity contribution in [3.8, 4) is 5.69 Å². The first kappa shape index (κ1) is 15.3. The van der Waals surface area contributed by atoms with Crippen molar-refractivity contribution in [2.75, 3.05) is 0 Å². The number of aromatic nitrogens is 1. The number of benzene rings is 1. The van der Waals surface area contributed by atoms with E-state index in [-0.39, 0.29) is 10.7 Å². The molecular weight excluding hydrogens is 321 g/mol. The Bertz CT molecular complexity index is 870. The van der Waals surface area contributed by atoms with Gasteiger partial charge in [0.15, 0.2) is 0 Å². The smallest absolute Gasteiger partial charge is 0.318 e. The maximum atomic E-state index is 13.3. The predicted octanol–water partition coefficient (Wildman–Crippen LogP) is 3.07. The van der Waals surface area contributed by atoms with Crippen LogP contribution in [-0.2, 0) is 4.79 Å². The molecule has 0 aliphatic carbocycles. The number of carbonyl (C=O) groups excluding carboxylic acids is 2. The number of hydrogen-bond acceptors (Lipinski definition) is 2. The number of rotatable bonds is 2. The molecule has 0 spiro atoms. The second-order valence-electron chi connectivity index (χ2n) is 5.23. The molecule has 2 aromatic rings. The molecule has 0 saturated carbocycles. The van der Waals surface area contributed by atoms with Gasteiger partial charge < -0.3 is 9.88 Å². The third kappa shape index (κ3) is 2.73. The van der Waals surface area contributed by atoms with Crippen LogP contribution in [0.4, 0.5) is 9.18 Å². The zero-order valence-electron chi connectivity index (χ0n) is 12.4. The number of urea groups is 1. The summed E-state index contributed by atoms with van der Waals surface area (Å²) in [6.45, 7) is 3.75. The van der Waals surface area contributed by atoms with Gasteiger partial charge in [-0.1, -0.05) is 11.6 Å². The SMILES string of the molecule is Cc1cc(/C=C2\NC(=O)NC2=O)c(C)n1-c1ccc(F)c(Cl)c1. The Balaban J connectivity index is 2.06. The van der Waals surface area contributed by atoms with Crippen LogP contribution in [0.2, 0.25) is 5.02 Å². The first-order chi connectivity index (χ1) is 10.9. The van der Waals surface area contributed by atoms with Crippen LogP contribution in [0.1, 0.15) is 17.0 Å². The van der Waals surface area contributed by atoms with Crippen LogP contribution < -0.4 is 10.6 Å². The van der Waals surface area contributed by atoms with Crippen LogP contribution in [-0.4, -0.2) is 16.5 Å². The molecule has 118 valence electrons. The van der Waals surface area contributed by atoms with E-state index in [4.69, 9.17) is 11.6 Å². The molecule has 2 N–H and O–H groups in total. The summed E-state index contributed by atoms with van der Waals surface area (Å²) in [6, 6.07) is 5.80. The van der Waals surface area contributed by atoms with Crippen LogP contribution in [0, 0.1) is 19.7 Å². The fourth-order valence-electron chi connectivity index (χ4n) is 2.59. The van der Waals surface area contributed by atoms with Crippen LogP contribution in [0.15, 0.2) is 30.0 Å². The van der Waals surface area contributed by atoms with Gasteiger partial charge in [-0.3, -0.25) is 10.1 Å². The minimum Gasteiger partial charge on any atom is -0.318 e. The van der Waals surface area contributed by atoms with E-state index < -0.39 is 17.8 Å². The van der Waals surface area contributed by atoms with E-state index in [1.807, 2.05) is 24.5 Å². The van der Waals surface area contributed by atoms with E-state index in [9.17, 15) is 14.0 Å². The fraction of sp³-hybridized carbons (Fsp3) is 0.125. The molecule has 1 aromatic carbocycles. The summed E-state index contributed by atoms with van der Waals surface area (Å²) < 4.78 is 15.2. The molecule has 1 aliphatic rings. The normalized spacial score (nSPS) is 15.9. The number of carbonyl (C=O) groups is 2. The Labute approximate surface area is 136 Å². The molecule has 0 unspecified atom stereocenters. The highest BCUT2D eigenvalue weighted by Crippen LogP contribution is 2.25. The Morgan fingerprint density at radius 1 is 1.17 bits per heavy atom. The number of amides is 3. The average Bonchev–Trinajstić information content (AvgIpc) is 2.93. The Hall–Kier alpha value is -2.60. The van der Waals surface area contributed by atoms with E-state index in [1.165, 1.54) is 12.1 Å². The molecule has 2 heterocycles. The predicted molar refractivity (Wildman–Crippen MR) is 84.9 cm³/mol. The molecule has 1 fully saturated rings. The standard InChI is InChI=1S/C16H13ClFN3O2/c1-8-5-10(6-14-15(22)20-16(23)19-14)9(2)21(8)11-3-4-13(18)12(17)7-11/h3-7H,1-2H3,(H2,19,20,22,23)/b14-6-.